The Labute approximate surface area is 353 Å². The van der Waals surface area contributed by atoms with Gasteiger partial charge < -0.3 is 8.98 Å². The SMILES string of the molecule is [2H]c1cc([2H])c2c(c1[2H])c1c([2H])c([2H])cc([2H])c1n2-c1cc(-c2ccccc2)c2oc3cc(-c4cccc5c(-c6nc(-c7ccccc7)nc(-c7ccccc7)n6)cccc45)ccc3c2c1. The van der Waals surface area contributed by atoms with Crippen LogP contribution in [0.2, 0.25) is 0 Å². The molecule has 12 aromatic rings. The second-order valence-electron chi connectivity index (χ2n) is 14.7. The van der Waals surface area contributed by atoms with Gasteiger partial charge in [0, 0.05) is 49.5 Å². The highest BCUT2D eigenvalue weighted by Crippen LogP contribution is 2.42. The second-order valence-corrected chi connectivity index (χ2v) is 14.7. The molecule has 0 atom stereocenters. The third-order valence-electron chi connectivity index (χ3n) is 11.2. The van der Waals surface area contributed by atoms with Crippen molar-refractivity contribution in [3.05, 3.63) is 206 Å². The van der Waals surface area contributed by atoms with E-state index < -0.39 is 0 Å². The predicted octanol–water partition coefficient (Wildman–Crippen LogP) is 14.4. The summed E-state index contributed by atoms with van der Waals surface area (Å²) in [6.07, 6.45) is 0. The van der Waals surface area contributed by atoms with Crippen molar-refractivity contribution in [2.75, 3.05) is 0 Å². The molecule has 0 bridgehead atoms. The Balaban J connectivity index is 1.06. The molecule has 0 radical (unpaired) electrons. The van der Waals surface area contributed by atoms with Crippen LogP contribution < -0.4 is 0 Å². The van der Waals surface area contributed by atoms with Crippen LogP contribution in [-0.4, -0.2) is 19.5 Å². The van der Waals surface area contributed by atoms with E-state index in [1.807, 2.05) is 121 Å². The second kappa shape index (κ2) is 13.8. The fraction of sp³-hybridized carbons (Fsp3) is 0. The third-order valence-corrected chi connectivity index (χ3v) is 11.2. The van der Waals surface area contributed by atoms with Crippen LogP contribution in [0.1, 0.15) is 8.22 Å². The number of benzene rings is 9. The highest BCUT2D eigenvalue weighted by atomic mass is 16.3. The molecule has 5 heteroatoms. The van der Waals surface area contributed by atoms with Gasteiger partial charge in [0.25, 0.3) is 0 Å². The quantitative estimate of drug-likeness (QED) is 0.169. The summed E-state index contributed by atoms with van der Waals surface area (Å²) >= 11 is 0. The molecule has 0 fully saturated rings. The fourth-order valence-corrected chi connectivity index (χ4v) is 8.45. The number of nitrogens with zero attached hydrogens (tertiary/aromatic N) is 4. The lowest BCUT2D eigenvalue weighted by Crippen LogP contribution is -2.00. The van der Waals surface area contributed by atoms with Crippen LogP contribution in [0, 0.1) is 0 Å². The van der Waals surface area contributed by atoms with Crippen LogP contribution >= 0.6 is 0 Å². The van der Waals surface area contributed by atoms with Crippen LogP contribution in [0.5, 0.6) is 0 Å². The van der Waals surface area contributed by atoms with Gasteiger partial charge in [-0.15, -0.1) is 0 Å². The van der Waals surface area contributed by atoms with Crippen molar-refractivity contribution < 1.29 is 12.6 Å². The average molecular weight is 773 g/mol. The summed E-state index contributed by atoms with van der Waals surface area (Å²) < 4.78 is 61.6. The zero-order chi connectivity index (χ0) is 44.8. The molecule has 12 rings (SSSR count). The fourth-order valence-electron chi connectivity index (χ4n) is 8.45. The topological polar surface area (TPSA) is 56.7 Å². The van der Waals surface area contributed by atoms with Crippen molar-refractivity contribution in [2.24, 2.45) is 0 Å². The van der Waals surface area contributed by atoms with E-state index in [1.54, 1.807) is 4.57 Å². The maximum absolute atomic E-state index is 9.09. The zero-order valence-corrected chi connectivity index (χ0v) is 31.9. The number of furan rings is 1. The molecule has 0 spiro atoms. The largest absolute Gasteiger partial charge is 0.455 e. The molecule has 5 nitrogen and oxygen atoms in total. The van der Waals surface area contributed by atoms with E-state index >= 15 is 0 Å². The molecule has 3 heterocycles. The van der Waals surface area contributed by atoms with Crippen LogP contribution in [-0.2, 0) is 0 Å². The Morgan fingerprint density at radius 2 is 0.950 bits per heavy atom. The predicted molar refractivity (Wildman–Crippen MR) is 246 cm³/mol. The molecule has 0 amide bonds. The first kappa shape index (κ1) is 28.3. The smallest absolute Gasteiger partial charge is 0.164 e. The summed E-state index contributed by atoms with van der Waals surface area (Å²) in [6.45, 7) is 0. The maximum atomic E-state index is 9.09. The molecule has 0 N–H and O–H groups in total. The Hall–Kier alpha value is -8.15. The molecule has 0 aliphatic carbocycles. The van der Waals surface area contributed by atoms with Gasteiger partial charge in [-0.25, -0.2) is 15.0 Å². The first-order valence-corrected chi connectivity index (χ1v) is 19.7. The van der Waals surface area contributed by atoms with Crippen molar-refractivity contribution >= 4 is 54.5 Å². The first-order valence-electron chi connectivity index (χ1n) is 22.7. The Morgan fingerprint density at radius 1 is 0.383 bits per heavy atom. The molecular weight excluding hydrogens is 733 g/mol. The molecule has 280 valence electrons. The molecule has 0 saturated heterocycles. The van der Waals surface area contributed by atoms with E-state index in [2.05, 4.69) is 36.4 Å². The van der Waals surface area contributed by atoms with Gasteiger partial charge in [-0.2, -0.15) is 0 Å². The molecule has 0 aliphatic rings. The summed E-state index contributed by atoms with van der Waals surface area (Å²) in [7, 11) is 0. The zero-order valence-electron chi connectivity index (χ0n) is 37.9. The Bertz CT molecular complexity index is 3820. The number of hydrogen-bond donors (Lipinski definition) is 0. The van der Waals surface area contributed by atoms with Crippen molar-refractivity contribution in [1.82, 2.24) is 19.5 Å². The van der Waals surface area contributed by atoms with Gasteiger partial charge in [0.05, 0.1) is 19.3 Å². The highest BCUT2D eigenvalue weighted by Gasteiger charge is 2.20. The van der Waals surface area contributed by atoms with Crippen LogP contribution in [0.15, 0.2) is 211 Å². The van der Waals surface area contributed by atoms with Gasteiger partial charge in [0.15, 0.2) is 17.5 Å². The molecule has 9 aromatic carbocycles. The van der Waals surface area contributed by atoms with E-state index in [9.17, 15) is 0 Å². The van der Waals surface area contributed by atoms with Crippen LogP contribution in [0.3, 0.4) is 0 Å². The van der Waals surface area contributed by atoms with Crippen molar-refractivity contribution in [1.29, 1.82) is 0 Å². The lowest BCUT2D eigenvalue weighted by molar-refractivity contribution is 0.670. The number of rotatable bonds is 6. The van der Waals surface area contributed by atoms with Gasteiger partial charge in [-0.1, -0.05) is 170 Å². The van der Waals surface area contributed by atoms with E-state index in [-0.39, 0.29) is 47.0 Å². The number of fused-ring (bicyclic) bond motifs is 7. The van der Waals surface area contributed by atoms with Crippen molar-refractivity contribution in [2.45, 2.75) is 0 Å². The lowest BCUT2D eigenvalue weighted by atomic mass is 9.94. The monoisotopic (exact) mass is 772 g/mol. The average Bonchev–Trinajstić information content (AvgIpc) is 3.92. The van der Waals surface area contributed by atoms with E-state index in [0.717, 1.165) is 60.5 Å². The normalized spacial score (nSPS) is 13.1. The number of hydrogen-bond acceptors (Lipinski definition) is 4. The minimum atomic E-state index is -0.160. The minimum absolute atomic E-state index is 0.0161. The summed E-state index contributed by atoms with van der Waals surface area (Å²) in [5.41, 5.74) is 8.77. The standard InChI is InChI=1S/C55H34N4O/c1-4-16-35(17-5-1)47-33-39(59-49-28-12-10-22-43(49)44-23-11-13-29-50(44)59)34-48-45-31-30-38(32-51(45)60-52(47)48)40-24-14-26-42-41(40)25-15-27-46(42)55-57-53(36-18-6-2-7-19-36)56-54(58-55)37-20-8-3-9-21-37/h1-34H/i10D,11D,22D,23D,28D,29D. The summed E-state index contributed by atoms with van der Waals surface area (Å²) in [5, 5.41) is 4.06. The Kier molecular flexibility index (Phi) is 6.48. The summed E-state index contributed by atoms with van der Waals surface area (Å²) in [4.78, 5) is 15.0. The van der Waals surface area contributed by atoms with E-state index in [0.29, 0.717) is 45.4 Å². The Morgan fingerprint density at radius 3 is 1.58 bits per heavy atom. The van der Waals surface area contributed by atoms with Crippen LogP contribution in [0.25, 0.3) is 117 Å². The lowest BCUT2D eigenvalue weighted by Gasteiger charge is -2.12. The minimum Gasteiger partial charge on any atom is -0.455 e. The third kappa shape index (κ3) is 5.52. The van der Waals surface area contributed by atoms with Crippen molar-refractivity contribution in [3.8, 4) is 62.1 Å². The molecule has 0 aliphatic heterocycles. The van der Waals surface area contributed by atoms with E-state index in [1.165, 1.54) is 12.1 Å². The molecular formula is C55H34N4O. The van der Waals surface area contributed by atoms with Crippen LogP contribution in [0.4, 0.5) is 0 Å². The van der Waals surface area contributed by atoms with Gasteiger partial charge in [0.1, 0.15) is 11.2 Å². The highest BCUT2D eigenvalue weighted by molar-refractivity contribution is 6.14. The number of para-hydroxylation sites is 2. The maximum Gasteiger partial charge on any atom is 0.164 e. The molecule has 0 unspecified atom stereocenters. The van der Waals surface area contributed by atoms with Gasteiger partial charge in [-0.3, -0.25) is 0 Å². The van der Waals surface area contributed by atoms with Gasteiger partial charge in [-0.05, 0) is 63.8 Å². The van der Waals surface area contributed by atoms with E-state index in [4.69, 9.17) is 27.6 Å². The molecule has 60 heavy (non-hydrogen) atoms. The summed E-state index contributed by atoms with van der Waals surface area (Å²) in [6, 6.07) is 54.3. The number of aromatic nitrogens is 4. The van der Waals surface area contributed by atoms with Gasteiger partial charge >= 0.3 is 0 Å². The molecule has 0 saturated carbocycles. The van der Waals surface area contributed by atoms with Crippen molar-refractivity contribution in [3.63, 3.8) is 0 Å². The molecule has 3 aromatic heterocycles. The van der Waals surface area contributed by atoms with Gasteiger partial charge in [0.2, 0.25) is 0 Å². The summed E-state index contributed by atoms with van der Waals surface area (Å²) in [5.74, 6) is 1.75. The first-order chi connectivity index (χ1) is 32.2.